The Morgan fingerprint density at radius 2 is 2.28 bits per heavy atom. The number of thiazole rings is 1. The van der Waals surface area contributed by atoms with Crippen LogP contribution in [0.3, 0.4) is 0 Å². The normalized spacial score (nSPS) is 17.8. The molecule has 0 aromatic carbocycles. The highest BCUT2D eigenvalue weighted by Crippen LogP contribution is 2.17. The molecule has 0 saturated carbocycles. The number of carbonyl (C=O) groups is 1. The van der Waals surface area contributed by atoms with E-state index in [4.69, 9.17) is 4.74 Å². The minimum Gasteiger partial charge on any atom is -0.376 e. The second kappa shape index (κ2) is 9.72. The minimum absolute atomic E-state index is 0.0328. The Balaban J connectivity index is 1.91. The average molecular weight is 368 g/mol. The van der Waals surface area contributed by atoms with Gasteiger partial charge in [-0.25, -0.2) is 9.98 Å². The van der Waals surface area contributed by atoms with E-state index in [9.17, 15) is 4.79 Å². The number of aliphatic imine (C=N–C) groups is 1. The van der Waals surface area contributed by atoms with Crippen LogP contribution in [0.15, 0.2) is 10.4 Å². The molecule has 1 saturated heterocycles. The molecule has 2 heterocycles. The zero-order valence-corrected chi connectivity index (χ0v) is 16.4. The van der Waals surface area contributed by atoms with Crippen molar-refractivity contribution < 1.29 is 9.53 Å². The first-order valence-corrected chi connectivity index (χ1v) is 9.62. The highest BCUT2D eigenvalue weighted by molar-refractivity contribution is 7.09. The Bertz CT molecular complexity index is 579. The van der Waals surface area contributed by atoms with Crippen LogP contribution < -0.4 is 10.6 Å². The van der Waals surface area contributed by atoms with Crippen LogP contribution in [-0.4, -0.2) is 61.6 Å². The maximum Gasteiger partial charge on any atom is 0.243 e. The van der Waals surface area contributed by atoms with Gasteiger partial charge in [-0.15, -0.1) is 11.3 Å². The summed E-state index contributed by atoms with van der Waals surface area (Å²) in [5.41, 5.74) is 1.11. The van der Waals surface area contributed by atoms with E-state index in [0.717, 1.165) is 30.2 Å². The number of amides is 1. The van der Waals surface area contributed by atoms with Gasteiger partial charge < -0.3 is 20.3 Å². The van der Waals surface area contributed by atoms with Crippen molar-refractivity contribution in [2.45, 2.75) is 45.3 Å². The summed E-state index contributed by atoms with van der Waals surface area (Å²) in [4.78, 5) is 22.3. The highest BCUT2D eigenvalue weighted by atomic mass is 32.1. The van der Waals surface area contributed by atoms with Crippen molar-refractivity contribution in [1.29, 1.82) is 0 Å². The molecular formula is C17H29N5O2S. The van der Waals surface area contributed by atoms with Crippen molar-refractivity contribution in [2.24, 2.45) is 4.99 Å². The maximum absolute atomic E-state index is 11.8. The maximum atomic E-state index is 11.8. The van der Waals surface area contributed by atoms with Crippen molar-refractivity contribution in [3.63, 3.8) is 0 Å². The van der Waals surface area contributed by atoms with E-state index in [0.29, 0.717) is 25.0 Å². The SMILES string of the molecule is CC(C)c1csc(CNC(=NCC(=O)N(C)C)NCC2CCCO2)n1. The standard InChI is InChI=1S/C17H29N5O2S/c1-12(2)14-11-25-15(21-14)9-19-17(20-10-16(23)22(3)4)18-8-13-6-5-7-24-13/h11-13H,5-10H2,1-4H3,(H2,18,19,20). The smallest absolute Gasteiger partial charge is 0.243 e. The number of carbonyl (C=O) groups excluding carboxylic acids is 1. The lowest BCUT2D eigenvalue weighted by atomic mass is 10.2. The molecule has 1 aliphatic rings. The third-order valence-electron chi connectivity index (χ3n) is 3.96. The molecular weight excluding hydrogens is 338 g/mol. The molecule has 1 amide bonds. The first-order valence-electron chi connectivity index (χ1n) is 8.74. The number of hydrogen-bond acceptors (Lipinski definition) is 5. The van der Waals surface area contributed by atoms with Gasteiger partial charge in [-0.2, -0.15) is 0 Å². The van der Waals surface area contributed by atoms with Crippen LogP contribution in [0.1, 0.15) is 43.3 Å². The van der Waals surface area contributed by atoms with Crippen molar-refractivity contribution in [1.82, 2.24) is 20.5 Å². The first kappa shape index (κ1) is 19.7. The Hall–Kier alpha value is -1.67. The van der Waals surface area contributed by atoms with Crippen LogP contribution in [0.2, 0.25) is 0 Å². The second-order valence-electron chi connectivity index (χ2n) is 6.64. The van der Waals surface area contributed by atoms with Gasteiger partial charge in [0.15, 0.2) is 5.96 Å². The summed E-state index contributed by atoms with van der Waals surface area (Å²) < 4.78 is 5.63. The van der Waals surface area contributed by atoms with Crippen molar-refractivity contribution in [2.75, 3.05) is 33.8 Å². The lowest BCUT2D eigenvalue weighted by molar-refractivity contribution is -0.127. The summed E-state index contributed by atoms with van der Waals surface area (Å²) in [7, 11) is 3.46. The molecule has 1 aromatic rings. The number of nitrogens with one attached hydrogen (secondary N) is 2. The lowest BCUT2D eigenvalue weighted by Gasteiger charge is -2.15. The number of likely N-dealkylation sites (N-methyl/N-ethyl adjacent to an activating group) is 1. The fraction of sp³-hybridized carbons (Fsp3) is 0.706. The predicted molar refractivity (Wildman–Crippen MR) is 101 cm³/mol. The lowest BCUT2D eigenvalue weighted by Crippen LogP contribution is -2.41. The molecule has 1 aromatic heterocycles. The molecule has 0 bridgehead atoms. The molecule has 0 radical (unpaired) electrons. The van der Waals surface area contributed by atoms with E-state index in [1.807, 2.05) is 0 Å². The fourth-order valence-corrected chi connectivity index (χ4v) is 3.20. The summed E-state index contributed by atoms with van der Waals surface area (Å²) in [5.74, 6) is 1.01. The number of rotatable bonds is 7. The molecule has 0 aliphatic carbocycles. The molecule has 25 heavy (non-hydrogen) atoms. The molecule has 1 fully saturated rings. The third-order valence-corrected chi connectivity index (χ3v) is 4.83. The van der Waals surface area contributed by atoms with Gasteiger partial charge in [0.25, 0.3) is 0 Å². The molecule has 1 unspecified atom stereocenters. The quantitative estimate of drug-likeness (QED) is 0.565. The average Bonchev–Trinajstić information content (AvgIpc) is 3.25. The predicted octanol–water partition coefficient (Wildman–Crippen LogP) is 1.57. The monoisotopic (exact) mass is 367 g/mol. The summed E-state index contributed by atoms with van der Waals surface area (Å²) in [6, 6.07) is 0. The van der Waals surface area contributed by atoms with E-state index in [1.54, 1.807) is 25.4 Å². The van der Waals surface area contributed by atoms with E-state index in [-0.39, 0.29) is 18.6 Å². The largest absolute Gasteiger partial charge is 0.376 e. The second-order valence-corrected chi connectivity index (χ2v) is 7.59. The summed E-state index contributed by atoms with van der Waals surface area (Å²) >= 11 is 1.64. The summed E-state index contributed by atoms with van der Waals surface area (Å²) in [5, 5.41) is 9.64. The molecule has 1 atom stereocenters. The zero-order chi connectivity index (χ0) is 18.2. The minimum atomic E-state index is -0.0328. The van der Waals surface area contributed by atoms with E-state index >= 15 is 0 Å². The van der Waals surface area contributed by atoms with Gasteiger partial charge in [0.1, 0.15) is 11.6 Å². The van der Waals surface area contributed by atoms with Crippen LogP contribution in [0, 0.1) is 0 Å². The third kappa shape index (κ3) is 6.62. The number of ether oxygens (including phenoxy) is 1. The van der Waals surface area contributed by atoms with E-state index < -0.39 is 0 Å². The number of hydrogen-bond donors (Lipinski definition) is 2. The molecule has 1 aliphatic heterocycles. The summed E-state index contributed by atoms with van der Waals surface area (Å²) in [6.45, 7) is 6.48. The van der Waals surface area contributed by atoms with Gasteiger partial charge in [0.05, 0.1) is 18.3 Å². The summed E-state index contributed by atoms with van der Waals surface area (Å²) in [6.07, 6.45) is 2.37. The number of aromatic nitrogens is 1. The van der Waals surface area contributed by atoms with Gasteiger partial charge in [0, 0.05) is 32.6 Å². The molecule has 8 heteroatoms. The van der Waals surface area contributed by atoms with Crippen LogP contribution in [0.5, 0.6) is 0 Å². The molecule has 2 N–H and O–H groups in total. The molecule has 0 spiro atoms. The Morgan fingerprint density at radius 3 is 2.88 bits per heavy atom. The Kier molecular flexibility index (Phi) is 7.64. The van der Waals surface area contributed by atoms with Crippen molar-refractivity contribution in [3.05, 3.63) is 16.1 Å². The number of guanidine groups is 1. The van der Waals surface area contributed by atoms with Crippen LogP contribution in [0.25, 0.3) is 0 Å². The van der Waals surface area contributed by atoms with E-state index in [1.165, 1.54) is 4.90 Å². The van der Waals surface area contributed by atoms with Gasteiger partial charge in [-0.05, 0) is 18.8 Å². The van der Waals surface area contributed by atoms with E-state index in [2.05, 4.69) is 39.8 Å². The highest BCUT2D eigenvalue weighted by Gasteiger charge is 2.16. The van der Waals surface area contributed by atoms with Crippen LogP contribution >= 0.6 is 11.3 Å². The Labute approximate surface area is 153 Å². The topological polar surface area (TPSA) is 78.9 Å². The van der Waals surface area contributed by atoms with Crippen molar-refractivity contribution >= 4 is 23.2 Å². The van der Waals surface area contributed by atoms with Crippen molar-refractivity contribution in [3.8, 4) is 0 Å². The molecule has 140 valence electrons. The number of nitrogens with zero attached hydrogens (tertiary/aromatic N) is 3. The van der Waals surface area contributed by atoms with Crippen LogP contribution in [-0.2, 0) is 16.1 Å². The Morgan fingerprint density at radius 1 is 1.48 bits per heavy atom. The zero-order valence-electron chi connectivity index (χ0n) is 15.5. The van der Waals surface area contributed by atoms with Gasteiger partial charge in [-0.3, -0.25) is 4.79 Å². The first-order chi connectivity index (χ1) is 12.0. The molecule has 7 nitrogen and oxygen atoms in total. The molecule has 2 rings (SSSR count). The fourth-order valence-electron chi connectivity index (χ4n) is 2.31. The van der Waals surface area contributed by atoms with Gasteiger partial charge in [0.2, 0.25) is 5.91 Å². The van der Waals surface area contributed by atoms with Gasteiger partial charge >= 0.3 is 0 Å². The van der Waals surface area contributed by atoms with Gasteiger partial charge in [-0.1, -0.05) is 13.8 Å². The van der Waals surface area contributed by atoms with Crippen LogP contribution in [0.4, 0.5) is 0 Å².